The Hall–Kier alpha value is -0.120. The van der Waals surface area contributed by atoms with Crippen LogP contribution in [0.5, 0.6) is 0 Å². The standard InChI is InChI=1S/C10H23N3/c1-11-10-5-8-13(9-10)7-4-6-12(2)3/h10-11H,4-9H2,1-3H3. The number of likely N-dealkylation sites (N-methyl/N-ethyl adjacent to an activating group) is 1. The van der Waals surface area contributed by atoms with Gasteiger partial charge in [-0.05, 0) is 53.6 Å². The van der Waals surface area contributed by atoms with Gasteiger partial charge in [-0.2, -0.15) is 0 Å². The number of likely N-dealkylation sites (tertiary alicyclic amines) is 1. The van der Waals surface area contributed by atoms with Gasteiger partial charge in [-0.1, -0.05) is 0 Å². The minimum absolute atomic E-state index is 0.736. The molecule has 0 aromatic heterocycles. The zero-order valence-corrected chi connectivity index (χ0v) is 9.21. The van der Waals surface area contributed by atoms with Gasteiger partial charge in [-0.3, -0.25) is 0 Å². The van der Waals surface area contributed by atoms with Gasteiger partial charge in [0.2, 0.25) is 0 Å². The Morgan fingerprint density at radius 2 is 2.23 bits per heavy atom. The lowest BCUT2D eigenvalue weighted by Gasteiger charge is -2.17. The summed E-state index contributed by atoms with van der Waals surface area (Å²) in [7, 11) is 6.34. The van der Waals surface area contributed by atoms with Crippen LogP contribution in [0.2, 0.25) is 0 Å². The normalized spacial score (nSPS) is 24.5. The molecular formula is C10H23N3. The van der Waals surface area contributed by atoms with E-state index in [4.69, 9.17) is 0 Å². The molecule has 0 aromatic carbocycles. The van der Waals surface area contributed by atoms with Gasteiger partial charge in [0.1, 0.15) is 0 Å². The van der Waals surface area contributed by atoms with Crippen molar-refractivity contribution in [2.24, 2.45) is 0 Å². The minimum Gasteiger partial charge on any atom is -0.316 e. The fraction of sp³-hybridized carbons (Fsp3) is 1.00. The maximum Gasteiger partial charge on any atom is 0.0204 e. The molecule has 0 amide bonds. The van der Waals surface area contributed by atoms with Crippen LogP contribution < -0.4 is 5.32 Å². The Kier molecular flexibility index (Phi) is 4.70. The summed E-state index contributed by atoms with van der Waals surface area (Å²) in [5.74, 6) is 0. The van der Waals surface area contributed by atoms with Gasteiger partial charge in [0, 0.05) is 12.6 Å². The van der Waals surface area contributed by atoms with Gasteiger partial charge in [-0.15, -0.1) is 0 Å². The van der Waals surface area contributed by atoms with Crippen molar-refractivity contribution in [2.45, 2.75) is 18.9 Å². The highest BCUT2D eigenvalue weighted by molar-refractivity contribution is 4.79. The highest BCUT2D eigenvalue weighted by Crippen LogP contribution is 2.08. The van der Waals surface area contributed by atoms with Gasteiger partial charge in [0.25, 0.3) is 0 Å². The van der Waals surface area contributed by atoms with Crippen LogP contribution in [0.15, 0.2) is 0 Å². The van der Waals surface area contributed by atoms with Crippen molar-refractivity contribution in [2.75, 3.05) is 47.3 Å². The van der Waals surface area contributed by atoms with Crippen LogP contribution in [0.1, 0.15) is 12.8 Å². The zero-order valence-electron chi connectivity index (χ0n) is 9.21. The Morgan fingerprint density at radius 1 is 1.46 bits per heavy atom. The number of hydrogen-bond acceptors (Lipinski definition) is 3. The Balaban J connectivity index is 2.03. The first kappa shape index (κ1) is 11.0. The summed E-state index contributed by atoms with van der Waals surface area (Å²) in [6.07, 6.45) is 2.61. The van der Waals surface area contributed by atoms with Gasteiger partial charge in [0.05, 0.1) is 0 Å². The number of hydrogen-bond donors (Lipinski definition) is 1. The average molecular weight is 185 g/mol. The van der Waals surface area contributed by atoms with E-state index >= 15 is 0 Å². The monoisotopic (exact) mass is 185 g/mol. The molecule has 13 heavy (non-hydrogen) atoms. The second-order valence-electron chi connectivity index (χ2n) is 4.23. The zero-order chi connectivity index (χ0) is 9.68. The SMILES string of the molecule is CNC1CCN(CCCN(C)C)C1. The molecule has 1 rings (SSSR count). The van der Waals surface area contributed by atoms with Crippen molar-refractivity contribution in [1.82, 2.24) is 15.1 Å². The second-order valence-corrected chi connectivity index (χ2v) is 4.23. The van der Waals surface area contributed by atoms with Crippen LogP contribution in [0.4, 0.5) is 0 Å². The van der Waals surface area contributed by atoms with E-state index in [0.717, 1.165) is 6.04 Å². The van der Waals surface area contributed by atoms with E-state index in [-0.39, 0.29) is 0 Å². The predicted octanol–water partition coefficient (Wildman–Crippen LogP) is 0.232. The smallest absolute Gasteiger partial charge is 0.0204 e. The number of nitrogens with zero attached hydrogens (tertiary/aromatic N) is 2. The Morgan fingerprint density at radius 3 is 2.77 bits per heavy atom. The summed E-state index contributed by atoms with van der Waals surface area (Å²) in [6, 6.07) is 0.736. The van der Waals surface area contributed by atoms with Crippen LogP contribution in [-0.2, 0) is 0 Å². The van der Waals surface area contributed by atoms with Gasteiger partial charge < -0.3 is 15.1 Å². The molecule has 1 heterocycles. The molecular weight excluding hydrogens is 162 g/mol. The Labute approximate surface area is 82.1 Å². The van der Waals surface area contributed by atoms with E-state index in [1.807, 2.05) is 0 Å². The maximum absolute atomic E-state index is 3.34. The maximum atomic E-state index is 3.34. The fourth-order valence-electron chi connectivity index (χ4n) is 1.88. The van der Waals surface area contributed by atoms with E-state index in [1.54, 1.807) is 0 Å². The molecule has 1 fully saturated rings. The predicted molar refractivity (Wildman–Crippen MR) is 57.1 cm³/mol. The van der Waals surface area contributed by atoms with E-state index in [1.165, 1.54) is 39.0 Å². The number of nitrogens with one attached hydrogen (secondary N) is 1. The summed E-state index contributed by atoms with van der Waals surface area (Å²) >= 11 is 0. The molecule has 78 valence electrons. The van der Waals surface area contributed by atoms with Gasteiger partial charge in [0.15, 0.2) is 0 Å². The van der Waals surface area contributed by atoms with Gasteiger partial charge >= 0.3 is 0 Å². The first-order chi connectivity index (χ1) is 6.22. The van der Waals surface area contributed by atoms with E-state index in [9.17, 15) is 0 Å². The Bertz CT molecular complexity index is 136. The molecule has 1 atom stereocenters. The highest BCUT2D eigenvalue weighted by atomic mass is 15.2. The molecule has 1 saturated heterocycles. The summed E-state index contributed by atoms with van der Waals surface area (Å²) in [6.45, 7) is 4.99. The van der Waals surface area contributed by atoms with Crippen LogP contribution in [0.3, 0.4) is 0 Å². The van der Waals surface area contributed by atoms with Crippen LogP contribution >= 0.6 is 0 Å². The van der Waals surface area contributed by atoms with Crippen LogP contribution in [0.25, 0.3) is 0 Å². The van der Waals surface area contributed by atoms with E-state index < -0.39 is 0 Å². The van der Waals surface area contributed by atoms with Crippen molar-refractivity contribution in [3.63, 3.8) is 0 Å². The lowest BCUT2D eigenvalue weighted by Crippen LogP contribution is -2.31. The molecule has 3 nitrogen and oxygen atoms in total. The lowest BCUT2D eigenvalue weighted by atomic mass is 10.3. The molecule has 1 aliphatic heterocycles. The lowest BCUT2D eigenvalue weighted by molar-refractivity contribution is 0.297. The number of rotatable bonds is 5. The second kappa shape index (κ2) is 5.58. The van der Waals surface area contributed by atoms with Crippen LogP contribution in [0, 0.1) is 0 Å². The average Bonchev–Trinajstić information content (AvgIpc) is 2.52. The third-order valence-electron chi connectivity index (χ3n) is 2.76. The molecule has 0 saturated carbocycles. The third kappa shape index (κ3) is 4.07. The van der Waals surface area contributed by atoms with Crippen molar-refractivity contribution in [3.8, 4) is 0 Å². The molecule has 1 aliphatic rings. The minimum atomic E-state index is 0.736. The first-order valence-corrected chi connectivity index (χ1v) is 5.26. The molecule has 0 aromatic rings. The van der Waals surface area contributed by atoms with Crippen molar-refractivity contribution >= 4 is 0 Å². The van der Waals surface area contributed by atoms with Crippen molar-refractivity contribution in [3.05, 3.63) is 0 Å². The van der Waals surface area contributed by atoms with E-state index in [2.05, 4.69) is 36.3 Å². The summed E-state index contributed by atoms with van der Waals surface area (Å²) in [4.78, 5) is 4.82. The topological polar surface area (TPSA) is 18.5 Å². The molecule has 1 N–H and O–H groups in total. The third-order valence-corrected chi connectivity index (χ3v) is 2.76. The fourth-order valence-corrected chi connectivity index (χ4v) is 1.88. The molecule has 3 heteroatoms. The van der Waals surface area contributed by atoms with Crippen LogP contribution in [-0.4, -0.2) is 63.2 Å². The van der Waals surface area contributed by atoms with Crippen molar-refractivity contribution in [1.29, 1.82) is 0 Å². The summed E-state index contributed by atoms with van der Waals surface area (Å²) in [5.41, 5.74) is 0. The molecule has 0 radical (unpaired) electrons. The van der Waals surface area contributed by atoms with E-state index in [0.29, 0.717) is 0 Å². The largest absolute Gasteiger partial charge is 0.316 e. The molecule has 1 unspecified atom stereocenters. The molecule has 0 aliphatic carbocycles. The molecule has 0 spiro atoms. The molecule has 0 bridgehead atoms. The highest BCUT2D eigenvalue weighted by Gasteiger charge is 2.19. The first-order valence-electron chi connectivity index (χ1n) is 5.26. The summed E-state index contributed by atoms with van der Waals surface area (Å²) in [5, 5.41) is 3.34. The van der Waals surface area contributed by atoms with Crippen molar-refractivity contribution < 1.29 is 0 Å². The quantitative estimate of drug-likeness (QED) is 0.661. The van der Waals surface area contributed by atoms with Gasteiger partial charge in [-0.25, -0.2) is 0 Å². The summed E-state index contributed by atoms with van der Waals surface area (Å²) < 4.78 is 0.